The fraction of sp³-hybridized carbons (Fsp3) is 0.167. The molecular formula is C18H18N2O4S2. The lowest BCUT2D eigenvalue weighted by Crippen LogP contribution is -2.49. The van der Waals surface area contributed by atoms with Crippen LogP contribution in [0.5, 0.6) is 0 Å². The Morgan fingerprint density at radius 1 is 1.04 bits per heavy atom. The van der Waals surface area contributed by atoms with Gasteiger partial charge in [-0.05, 0) is 17.7 Å². The number of amides is 2. The van der Waals surface area contributed by atoms with Crippen molar-refractivity contribution in [1.82, 2.24) is 10.6 Å². The summed E-state index contributed by atoms with van der Waals surface area (Å²) in [6, 6.07) is 18.1. The van der Waals surface area contributed by atoms with Crippen LogP contribution in [-0.2, 0) is 14.3 Å². The first-order chi connectivity index (χ1) is 12.4. The zero-order valence-corrected chi connectivity index (χ0v) is 15.6. The van der Waals surface area contributed by atoms with Gasteiger partial charge in [0.25, 0.3) is 10.1 Å². The Labute approximate surface area is 156 Å². The highest BCUT2D eigenvalue weighted by Gasteiger charge is 2.29. The van der Waals surface area contributed by atoms with Crippen molar-refractivity contribution in [2.45, 2.75) is 10.9 Å². The minimum atomic E-state index is -3.62. The lowest BCUT2D eigenvalue weighted by Gasteiger charge is -2.29. The van der Waals surface area contributed by atoms with Crippen molar-refractivity contribution >= 4 is 33.6 Å². The van der Waals surface area contributed by atoms with Crippen LogP contribution in [0.2, 0.25) is 0 Å². The molecule has 8 heteroatoms. The maximum Gasteiger partial charge on any atom is 0.319 e. The van der Waals surface area contributed by atoms with Gasteiger partial charge in [0.2, 0.25) is 0 Å². The van der Waals surface area contributed by atoms with Gasteiger partial charge in [0.15, 0.2) is 0 Å². The number of benzene rings is 2. The third-order valence-corrected chi connectivity index (χ3v) is 5.37. The number of hydrogen-bond donors (Lipinski definition) is 2. The molecule has 0 aromatic heterocycles. The number of rotatable bonds is 6. The molecule has 3 rings (SSSR count). The van der Waals surface area contributed by atoms with E-state index < -0.39 is 22.2 Å². The van der Waals surface area contributed by atoms with E-state index >= 15 is 0 Å². The van der Waals surface area contributed by atoms with E-state index in [1.807, 2.05) is 60.7 Å². The van der Waals surface area contributed by atoms with Crippen LogP contribution in [0.3, 0.4) is 0 Å². The van der Waals surface area contributed by atoms with Crippen LogP contribution >= 0.6 is 11.8 Å². The molecule has 1 aliphatic heterocycles. The van der Waals surface area contributed by atoms with Gasteiger partial charge < -0.3 is 10.6 Å². The minimum Gasteiger partial charge on any atom is -0.328 e. The predicted octanol–water partition coefficient (Wildman–Crippen LogP) is 2.81. The van der Waals surface area contributed by atoms with Crippen molar-refractivity contribution in [3.8, 4) is 0 Å². The number of urea groups is 1. The van der Waals surface area contributed by atoms with Crippen molar-refractivity contribution in [2.75, 3.05) is 12.9 Å². The Morgan fingerprint density at radius 3 is 2.27 bits per heavy atom. The molecule has 2 aromatic rings. The highest BCUT2D eigenvalue weighted by molar-refractivity contribution is 8.03. The number of carbonyl (C=O) groups excluding carboxylic acids is 1. The number of thioether (sulfide) groups is 1. The van der Waals surface area contributed by atoms with Crippen LogP contribution in [0, 0.1) is 0 Å². The summed E-state index contributed by atoms with van der Waals surface area (Å²) in [6.45, 7) is -0.169. The average Bonchev–Trinajstić information content (AvgIpc) is 2.62. The summed E-state index contributed by atoms with van der Waals surface area (Å²) in [5.74, 6) is 0. The van der Waals surface area contributed by atoms with E-state index in [0.29, 0.717) is 5.70 Å². The molecule has 1 heterocycles. The van der Waals surface area contributed by atoms with Crippen LogP contribution in [0.15, 0.2) is 70.5 Å². The van der Waals surface area contributed by atoms with Gasteiger partial charge >= 0.3 is 6.03 Å². The summed E-state index contributed by atoms with van der Waals surface area (Å²) in [4.78, 5) is 13.9. The van der Waals surface area contributed by atoms with Crippen LogP contribution in [-0.4, -0.2) is 33.4 Å². The lowest BCUT2D eigenvalue weighted by molar-refractivity contribution is 0.232. The van der Waals surface area contributed by atoms with E-state index in [0.717, 1.165) is 21.6 Å². The molecule has 0 spiro atoms. The van der Waals surface area contributed by atoms with Gasteiger partial charge in [0.05, 0.1) is 24.6 Å². The van der Waals surface area contributed by atoms with Crippen LogP contribution in [0.1, 0.15) is 5.56 Å². The summed E-state index contributed by atoms with van der Waals surface area (Å²) in [6.07, 6.45) is 0.988. The third kappa shape index (κ3) is 4.87. The van der Waals surface area contributed by atoms with E-state index in [1.54, 1.807) is 0 Å². The molecule has 0 fully saturated rings. The molecule has 1 unspecified atom stereocenters. The van der Waals surface area contributed by atoms with Crippen molar-refractivity contribution in [1.29, 1.82) is 0 Å². The first-order valence-corrected chi connectivity index (χ1v) is 10.5. The van der Waals surface area contributed by atoms with Crippen molar-refractivity contribution in [3.63, 3.8) is 0 Å². The second-order valence-corrected chi connectivity index (χ2v) is 8.42. The highest BCUT2D eigenvalue weighted by Crippen LogP contribution is 2.35. The molecule has 0 radical (unpaired) electrons. The van der Waals surface area contributed by atoms with Gasteiger partial charge in [-0.2, -0.15) is 8.42 Å². The molecule has 2 aromatic carbocycles. The summed E-state index contributed by atoms with van der Waals surface area (Å²) in [5.41, 5.74) is 1.48. The Kier molecular flexibility index (Phi) is 5.65. The summed E-state index contributed by atoms with van der Waals surface area (Å²) < 4.78 is 27.7. The quantitative estimate of drug-likeness (QED) is 0.741. The second-order valence-electron chi connectivity index (χ2n) is 5.66. The lowest BCUT2D eigenvalue weighted by atomic mass is 10.1. The molecule has 26 heavy (non-hydrogen) atoms. The average molecular weight is 390 g/mol. The zero-order valence-electron chi connectivity index (χ0n) is 14.0. The topological polar surface area (TPSA) is 84.5 Å². The Balaban J connectivity index is 2.02. The van der Waals surface area contributed by atoms with E-state index in [4.69, 9.17) is 4.18 Å². The minimum absolute atomic E-state index is 0.169. The van der Waals surface area contributed by atoms with Gasteiger partial charge in [-0.3, -0.25) is 4.18 Å². The molecule has 2 amide bonds. The Morgan fingerprint density at radius 2 is 1.65 bits per heavy atom. The summed E-state index contributed by atoms with van der Waals surface area (Å²) in [7, 11) is -3.62. The SMILES string of the molecule is CS(=O)(=O)OCC1NC(=O)NC(c2ccccc2)=C1Sc1ccccc1. The van der Waals surface area contributed by atoms with Crippen LogP contribution in [0.25, 0.3) is 5.70 Å². The van der Waals surface area contributed by atoms with Gasteiger partial charge in [-0.25, -0.2) is 4.79 Å². The molecule has 136 valence electrons. The third-order valence-electron chi connectivity index (χ3n) is 3.59. The molecule has 0 aliphatic carbocycles. The van der Waals surface area contributed by atoms with E-state index in [1.165, 1.54) is 11.8 Å². The largest absolute Gasteiger partial charge is 0.328 e. The highest BCUT2D eigenvalue weighted by atomic mass is 32.2. The monoisotopic (exact) mass is 390 g/mol. The second kappa shape index (κ2) is 7.94. The maximum absolute atomic E-state index is 12.1. The van der Waals surface area contributed by atoms with Gasteiger partial charge in [-0.1, -0.05) is 60.3 Å². The van der Waals surface area contributed by atoms with E-state index in [-0.39, 0.29) is 6.61 Å². The fourth-order valence-electron chi connectivity index (χ4n) is 2.48. The van der Waals surface area contributed by atoms with Crippen molar-refractivity contribution < 1.29 is 17.4 Å². The molecule has 1 aliphatic rings. The smallest absolute Gasteiger partial charge is 0.319 e. The number of hydrogen-bond acceptors (Lipinski definition) is 5. The molecular weight excluding hydrogens is 372 g/mol. The first-order valence-electron chi connectivity index (χ1n) is 7.87. The summed E-state index contributed by atoms with van der Waals surface area (Å²) >= 11 is 1.46. The van der Waals surface area contributed by atoms with E-state index in [2.05, 4.69) is 10.6 Å². The van der Waals surface area contributed by atoms with Crippen molar-refractivity contribution in [3.05, 3.63) is 71.1 Å². The van der Waals surface area contributed by atoms with Crippen molar-refractivity contribution in [2.24, 2.45) is 0 Å². The molecule has 6 nitrogen and oxygen atoms in total. The predicted molar refractivity (Wildman–Crippen MR) is 102 cm³/mol. The molecule has 1 atom stereocenters. The fourth-order valence-corrected chi connectivity index (χ4v) is 3.95. The van der Waals surface area contributed by atoms with Gasteiger partial charge in [-0.15, -0.1) is 0 Å². The summed E-state index contributed by atoms with van der Waals surface area (Å²) in [5, 5.41) is 5.57. The Hall–Kier alpha value is -2.29. The molecule has 2 N–H and O–H groups in total. The standard InChI is InChI=1S/C18H18N2O4S2/c1-26(22,23)24-12-15-17(25-14-10-6-3-7-11-14)16(20-18(21)19-15)13-8-4-2-5-9-13/h2-11,15H,12H2,1H3,(H2,19,20,21). The van der Waals surface area contributed by atoms with E-state index in [9.17, 15) is 13.2 Å². The number of nitrogens with one attached hydrogen (secondary N) is 2. The molecule has 0 saturated heterocycles. The van der Waals surface area contributed by atoms with Crippen LogP contribution < -0.4 is 10.6 Å². The first kappa shape index (κ1) is 18.5. The maximum atomic E-state index is 12.1. The zero-order chi connectivity index (χ0) is 18.6. The number of carbonyl (C=O) groups is 1. The normalized spacial score (nSPS) is 17.6. The molecule has 0 saturated carbocycles. The molecule has 0 bridgehead atoms. The van der Waals surface area contributed by atoms with Crippen LogP contribution in [0.4, 0.5) is 4.79 Å². The van der Waals surface area contributed by atoms with Gasteiger partial charge in [0.1, 0.15) is 0 Å². The van der Waals surface area contributed by atoms with Gasteiger partial charge in [0, 0.05) is 9.80 Å². The Bertz CT molecular complexity index is 913.